The minimum Gasteiger partial charge on any atom is -0.497 e. The number of hydrogen-bond donors (Lipinski definition) is 2. The van der Waals surface area contributed by atoms with Gasteiger partial charge in [0, 0.05) is 30.2 Å². The second-order valence-electron chi connectivity index (χ2n) is 5.53. The first kappa shape index (κ1) is 15.8. The van der Waals surface area contributed by atoms with Crippen molar-refractivity contribution >= 4 is 0 Å². The van der Waals surface area contributed by atoms with Crippen molar-refractivity contribution in [2.24, 2.45) is 5.41 Å². The first-order chi connectivity index (χ1) is 8.93. The normalized spacial score (nSPS) is 13.2. The first-order valence-electron chi connectivity index (χ1n) is 6.49. The Morgan fingerprint density at radius 3 is 2.47 bits per heavy atom. The minimum atomic E-state index is -0.139. The molecule has 0 heterocycles. The quantitative estimate of drug-likeness (QED) is 0.796. The highest BCUT2D eigenvalue weighted by atomic mass is 16.5. The molecule has 0 aromatic heterocycles. The summed E-state index contributed by atoms with van der Waals surface area (Å²) >= 11 is 0. The van der Waals surface area contributed by atoms with Crippen molar-refractivity contribution in [1.29, 1.82) is 0 Å². The van der Waals surface area contributed by atoms with Crippen LogP contribution in [0.2, 0.25) is 0 Å². The highest BCUT2D eigenvalue weighted by molar-refractivity contribution is 5.42. The SMILES string of the molecule is COc1ccc(OC)c(C(C)NCC(C)(C)CO)c1. The lowest BCUT2D eigenvalue weighted by Gasteiger charge is -2.26. The fraction of sp³-hybridized carbons (Fsp3) is 0.600. The molecule has 1 unspecified atom stereocenters. The molecule has 1 aromatic rings. The Hall–Kier alpha value is -1.26. The van der Waals surface area contributed by atoms with Gasteiger partial charge in [-0.05, 0) is 25.1 Å². The van der Waals surface area contributed by atoms with Gasteiger partial charge in [-0.15, -0.1) is 0 Å². The fourth-order valence-electron chi connectivity index (χ4n) is 1.77. The Morgan fingerprint density at radius 2 is 1.95 bits per heavy atom. The van der Waals surface area contributed by atoms with Crippen LogP contribution in [0.1, 0.15) is 32.4 Å². The monoisotopic (exact) mass is 267 g/mol. The molecule has 0 spiro atoms. The maximum atomic E-state index is 9.28. The van der Waals surface area contributed by atoms with Crippen molar-refractivity contribution in [3.8, 4) is 11.5 Å². The summed E-state index contributed by atoms with van der Waals surface area (Å²) in [6.45, 7) is 7.00. The number of aliphatic hydroxyl groups excluding tert-OH is 1. The summed E-state index contributed by atoms with van der Waals surface area (Å²) in [5.41, 5.74) is 0.913. The molecule has 1 atom stereocenters. The Labute approximate surface area is 115 Å². The fourth-order valence-corrected chi connectivity index (χ4v) is 1.77. The molecule has 1 rings (SSSR count). The molecule has 0 aliphatic heterocycles. The molecule has 0 radical (unpaired) electrons. The number of benzene rings is 1. The van der Waals surface area contributed by atoms with Gasteiger partial charge in [-0.1, -0.05) is 13.8 Å². The van der Waals surface area contributed by atoms with Crippen LogP contribution in [0.5, 0.6) is 11.5 Å². The molecule has 0 bridgehead atoms. The van der Waals surface area contributed by atoms with Gasteiger partial charge in [-0.2, -0.15) is 0 Å². The van der Waals surface area contributed by atoms with Crippen LogP contribution in [0.25, 0.3) is 0 Å². The topological polar surface area (TPSA) is 50.7 Å². The van der Waals surface area contributed by atoms with Crippen molar-refractivity contribution < 1.29 is 14.6 Å². The zero-order valence-electron chi connectivity index (χ0n) is 12.5. The van der Waals surface area contributed by atoms with Crippen LogP contribution in [0, 0.1) is 5.41 Å². The first-order valence-corrected chi connectivity index (χ1v) is 6.49. The third-order valence-corrected chi connectivity index (χ3v) is 3.22. The molecular formula is C15H25NO3. The van der Waals surface area contributed by atoms with Crippen LogP contribution in [-0.2, 0) is 0 Å². The molecule has 108 valence electrons. The zero-order valence-corrected chi connectivity index (χ0v) is 12.5. The Balaban J connectivity index is 2.82. The van der Waals surface area contributed by atoms with E-state index in [1.165, 1.54) is 0 Å². The lowest BCUT2D eigenvalue weighted by Crippen LogP contribution is -2.33. The van der Waals surface area contributed by atoms with Crippen LogP contribution in [0.15, 0.2) is 18.2 Å². The molecule has 0 saturated heterocycles. The molecule has 19 heavy (non-hydrogen) atoms. The number of rotatable bonds is 7. The van der Waals surface area contributed by atoms with Gasteiger partial charge < -0.3 is 19.9 Å². The van der Waals surface area contributed by atoms with E-state index in [4.69, 9.17) is 9.47 Å². The van der Waals surface area contributed by atoms with Crippen molar-refractivity contribution in [3.05, 3.63) is 23.8 Å². The average Bonchev–Trinajstić information content (AvgIpc) is 2.44. The second-order valence-corrected chi connectivity index (χ2v) is 5.53. The van der Waals surface area contributed by atoms with Gasteiger partial charge in [0.25, 0.3) is 0 Å². The van der Waals surface area contributed by atoms with E-state index >= 15 is 0 Å². The van der Waals surface area contributed by atoms with Gasteiger partial charge in [-0.3, -0.25) is 0 Å². The summed E-state index contributed by atoms with van der Waals surface area (Å²) < 4.78 is 10.6. The van der Waals surface area contributed by atoms with Crippen LogP contribution in [-0.4, -0.2) is 32.5 Å². The van der Waals surface area contributed by atoms with E-state index in [0.717, 1.165) is 23.6 Å². The highest BCUT2D eigenvalue weighted by Gasteiger charge is 2.19. The lowest BCUT2D eigenvalue weighted by molar-refractivity contribution is 0.153. The zero-order chi connectivity index (χ0) is 14.5. The van der Waals surface area contributed by atoms with Crippen molar-refractivity contribution in [2.75, 3.05) is 27.4 Å². The largest absolute Gasteiger partial charge is 0.497 e. The molecule has 2 N–H and O–H groups in total. The summed E-state index contributed by atoms with van der Waals surface area (Å²) in [5.74, 6) is 1.65. The number of methoxy groups -OCH3 is 2. The van der Waals surface area contributed by atoms with E-state index in [1.807, 2.05) is 32.0 Å². The van der Waals surface area contributed by atoms with E-state index in [-0.39, 0.29) is 18.1 Å². The van der Waals surface area contributed by atoms with E-state index in [0.29, 0.717) is 0 Å². The third-order valence-electron chi connectivity index (χ3n) is 3.22. The van der Waals surface area contributed by atoms with Crippen molar-refractivity contribution in [2.45, 2.75) is 26.8 Å². The highest BCUT2D eigenvalue weighted by Crippen LogP contribution is 2.29. The Kier molecular flexibility index (Phi) is 5.63. The van der Waals surface area contributed by atoms with Gasteiger partial charge in [0.1, 0.15) is 11.5 Å². The van der Waals surface area contributed by atoms with Crippen LogP contribution in [0.3, 0.4) is 0 Å². The molecule has 1 aromatic carbocycles. The van der Waals surface area contributed by atoms with Crippen LogP contribution < -0.4 is 14.8 Å². The summed E-state index contributed by atoms with van der Waals surface area (Å²) in [6, 6.07) is 5.88. The molecule has 0 aliphatic rings. The summed E-state index contributed by atoms with van der Waals surface area (Å²) in [6.07, 6.45) is 0. The molecule has 0 aliphatic carbocycles. The molecule has 0 fully saturated rings. The van der Waals surface area contributed by atoms with E-state index in [1.54, 1.807) is 14.2 Å². The number of aliphatic hydroxyl groups is 1. The van der Waals surface area contributed by atoms with Crippen molar-refractivity contribution in [3.63, 3.8) is 0 Å². The Morgan fingerprint density at radius 1 is 1.26 bits per heavy atom. The smallest absolute Gasteiger partial charge is 0.123 e. The van der Waals surface area contributed by atoms with E-state index < -0.39 is 0 Å². The predicted octanol–water partition coefficient (Wildman–Crippen LogP) is 2.37. The van der Waals surface area contributed by atoms with Crippen LogP contribution in [0.4, 0.5) is 0 Å². The molecule has 0 amide bonds. The summed E-state index contributed by atoms with van der Waals surface area (Å²) in [5, 5.41) is 12.7. The molecule has 0 saturated carbocycles. The second kappa shape index (κ2) is 6.78. The average molecular weight is 267 g/mol. The number of hydrogen-bond acceptors (Lipinski definition) is 4. The van der Waals surface area contributed by atoms with Gasteiger partial charge in [0.15, 0.2) is 0 Å². The summed E-state index contributed by atoms with van der Waals surface area (Å²) in [7, 11) is 3.31. The maximum absolute atomic E-state index is 9.28. The van der Waals surface area contributed by atoms with E-state index in [9.17, 15) is 5.11 Å². The van der Waals surface area contributed by atoms with Gasteiger partial charge in [0.05, 0.1) is 14.2 Å². The molecule has 4 nitrogen and oxygen atoms in total. The standard InChI is InChI=1S/C15H25NO3/c1-11(16-9-15(2,3)10-17)13-8-12(18-4)6-7-14(13)19-5/h6-8,11,16-17H,9-10H2,1-5H3. The molecule has 4 heteroatoms. The van der Waals surface area contributed by atoms with Gasteiger partial charge in [-0.25, -0.2) is 0 Å². The van der Waals surface area contributed by atoms with Gasteiger partial charge in [0.2, 0.25) is 0 Å². The van der Waals surface area contributed by atoms with Gasteiger partial charge >= 0.3 is 0 Å². The minimum absolute atomic E-state index is 0.121. The number of nitrogens with one attached hydrogen (secondary N) is 1. The lowest BCUT2D eigenvalue weighted by atomic mass is 9.94. The Bertz CT molecular complexity index is 404. The molecular weight excluding hydrogens is 242 g/mol. The maximum Gasteiger partial charge on any atom is 0.123 e. The number of ether oxygens (including phenoxy) is 2. The van der Waals surface area contributed by atoms with Crippen molar-refractivity contribution in [1.82, 2.24) is 5.32 Å². The summed E-state index contributed by atoms with van der Waals surface area (Å²) in [4.78, 5) is 0. The van der Waals surface area contributed by atoms with Crippen LogP contribution >= 0.6 is 0 Å². The predicted molar refractivity (Wildman–Crippen MR) is 76.8 cm³/mol. The third kappa shape index (κ3) is 4.40. The van der Waals surface area contributed by atoms with E-state index in [2.05, 4.69) is 12.2 Å².